The van der Waals surface area contributed by atoms with Gasteiger partial charge in [0, 0.05) is 5.92 Å². The monoisotopic (exact) mass is 195 g/mol. The highest BCUT2D eigenvalue weighted by molar-refractivity contribution is 5.86. The number of carbonyl (C=O) groups is 1. The van der Waals surface area contributed by atoms with E-state index in [0.717, 1.165) is 19.3 Å². The average molecular weight is 195 g/mol. The van der Waals surface area contributed by atoms with E-state index in [0.29, 0.717) is 11.6 Å². The van der Waals surface area contributed by atoms with E-state index in [1.165, 1.54) is 0 Å². The number of aromatic carboxylic acids is 1. The molecule has 0 radical (unpaired) electrons. The predicted molar refractivity (Wildman–Crippen MR) is 49.1 cm³/mol. The van der Waals surface area contributed by atoms with Gasteiger partial charge in [-0.3, -0.25) is 0 Å². The van der Waals surface area contributed by atoms with Crippen molar-refractivity contribution < 1.29 is 9.90 Å². The molecule has 2 atom stereocenters. The molecule has 1 heterocycles. The lowest BCUT2D eigenvalue weighted by atomic mass is 10.0. The van der Waals surface area contributed by atoms with Crippen LogP contribution in [0.1, 0.15) is 48.3 Å². The van der Waals surface area contributed by atoms with E-state index in [1.54, 1.807) is 0 Å². The molecule has 76 valence electrons. The van der Waals surface area contributed by atoms with Crippen LogP contribution in [0.25, 0.3) is 0 Å². The summed E-state index contributed by atoms with van der Waals surface area (Å²) >= 11 is 0. The van der Waals surface area contributed by atoms with Gasteiger partial charge >= 0.3 is 5.97 Å². The fourth-order valence-corrected chi connectivity index (χ4v) is 2.14. The lowest BCUT2D eigenvalue weighted by molar-refractivity contribution is 0.0688. The molecule has 1 aliphatic rings. The van der Waals surface area contributed by atoms with Gasteiger partial charge in [-0.15, -0.1) is 5.10 Å². The number of rotatable bonds is 2. The third kappa shape index (κ3) is 1.49. The minimum absolute atomic E-state index is 0.0871. The van der Waals surface area contributed by atoms with Crippen molar-refractivity contribution in [3.8, 4) is 0 Å². The van der Waals surface area contributed by atoms with Gasteiger partial charge in [0.2, 0.25) is 0 Å². The highest BCUT2D eigenvalue weighted by Gasteiger charge is 2.29. The average Bonchev–Trinajstić information content (AvgIpc) is 2.70. The van der Waals surface area contributed by atoms with Gasteiger partial charge in [0.1, 0.15) is 5.69 Å². The molecule has 1 fully saturated rings. The number of H-pyrrole nitrogens is 1. The van der Waals surface area contributed by atoms with Crippen molar-refractivity contribution in [2.75, 3.05) is 0 Å². The van der Waals surface area contributed by atoms with Crippen LogP contribution in [0.2, 0.25) is 0 Å². The summed E-state index contributed by atoms with van der Waals surface area (Å²) in [6.45, 7) is 2.18. The lowest BCUT2D eigenvalue weighted by Gasteiger charge is -2.05. The van der Waals surface area contributed by atoms with E-state index in [2.05, 4.69) is 22.3 Å². The first-order valence-electron chi connectivity index (χ1n) is 4.82. The second-order valence-corrected chi connectivity index (χ2v) is 3.98. The summed E-state index contributed by atoms with van der Waals surface area (Å²) in [6.07, 6.45) is 3.19. The summed E-state index contributed by atoms with van der Waals surface area (Å²) in [7, 11) is 0. The molecule has 0 amide bonds. The molecule has 2 rings (SSSR count). The third-order valence-electron chi connectivity index (χ3n) is 2.86. The Balaban J connectivity index is 2.23. The second kappa shape index (κ2) is 3.40. The normalized spacial score (nSPS) is 26.6. The summed E-state index contributed by atoms with van der Waals surface area (Å²) in [4.78, 5) is 10.8. The van der Waals surface area contributed by atoms with Crippen molar-refractivity contribution in [3.05, 3.63) is 11.4 Å². The molecule has 14 heavy (non-hydrogen) atoms. The van der Waals surface area contributed by atoms with Crippen LogP contribution in [0.5, 0.6) is 0 Å². The van der Waals surface area contributed by atoms with Crippen LogP contribution in [-0.2, 0) is 0 Å². The molecule has 1 saturated carbocycles. The van der Waals surface area contributed by atoms with Gasteiger partial charge in [-0.25, -0.2) is 4.79 Å². The van der Waals surface area contributed by atoms with Crippen molar-refractivity contribution in [1.82, 2.24) is 15.4 Å². The van der Waals surface area contributed by atoms with Gasteiger partial charge in [-0.1, -0.05) is 13.3 Å². The number of hydrogen-bond acceptors (Lipinski definition) is 3. The Hall–Kier alpha value is -1.39. The highest BCUT2D eigenvalue weighted by atomic mass is 16.4. The molecule has 0 spiro atoms. The Morgan fingerprint density at radius 2 is 2.29 bits per heavy atom. The molecule has 1 aromatic rings. The lowest BCUT2D eigenvalue weighted by Crippen LogP contribution is -2.05. The molecular weight excluding hydrogens is 182 g/mol. The van der Waals surface area contributed by atoms with Gasteiger partial charge in [0.05, 0.1) is 0 Å². The van der Waals surface area contributed by atoms with E-state index in [-0.39, 0.29) is 11.6 Å². The zero-order valence-electron chi connectivity index (χ0n) is 8.03. The Morgan fingerprint density at radius 3 is 2.86 bits per heavy atom. The minimum atomic E-state index is -0.992. The topological polar surface area (TPSA) is 78.9 Å². The van der Waals surface area contributed by atoms with Crippen LogP contribution in [0.15, 0.2) is 0 Å². The molecule has 1 aliphatic carbocycles. The summed E-state index contributed by atoms with van der Waals surface area (Å²) in [5, 5.41) is 18.8. The van der Waals surface area contributed by atoms with Crippen LogP contribution < -0.4 is 0 Å². The summed E-state index contributed by atoms with van der Waals surface area (Å²) < 4.78 is 0. The van der Waals surface area contributed by atoms with Gasteiger partial charge < -0.3 is 5.11 Å². The largest absolute Gasteiger partial charge is 0.476 e. The van der Waals surface area contributed by atoms with Crippen molar-refractivity contribution in [2.24, 2.45) is 5.92 Å². The van der Waals surface area contributed by atoms with Crippen LogP contribution in [0, 0.1) is 5.92 Å². The number of carboxylic acids is 1. The number of hydrogen-bond donors (Lipinski definition) is 2. The molecule has 0 saturated heterocycles. The highest BCUT2D eigenvalue weighted by Crippen LogP contribution is 2.37. The Morgan fingerprint density at radius 1 is 1.50 bits per heavy atom. The fraction of sp³-hybridized carbons (Fsp3) is 0.667. The standard InChI is InChI=1S/C9H13N3O2/c1-5-2-3-6(4-5)7-8(9(13)14)11-12-10-7/h5-6H,2-4H2,1H3,(H,13,14)(H,10,11,12). The van der Waals surface area contributed by atoms with Crippen molar-refractivity contribution in [1.29, 1.82) is 0 Å². The van der Waals surface area contributed by atoms with Crippen molar-refractivity contribution in [2.45, 2.75) is 32.1 Å². The van der Waals surface area contributed by atoms with E-state index in [4.69, 9.17) is 5.11 Å². The van der Waals surface area contributed by atoms with E-state index in [1.807, 2.05) is 0 Å². The number of nitrogens with one attached hydrogen (secondary N) is 1. The van der Waals surface area contributed by atoms with Crippen LogP contribution >= 0.6 is 0 Å². The Kier molecular flexibility index (Phi) is 2.23. The molecular formula is C9H13N3O2. The molecule has 0 aliphatic heterocycles. The first-order valence-corrected chi connectivity index (χ1v) is 4.82. The van der Waals surface area contributed by atoms with E-state index >= 15 is 0 Å². The number of carboxylic acid groups (broad SMARTS) is 1. The molecule has 2 N–H and O–H groups in total. The van der Waals surface area contributed by atoms with Gasteiger partial charge in [0.25, 0.3) is 0 Å². The Bertz CT molecular complexity index is 348. The summed E-state index contributed by atoms with van der Waals surface area (Å²) in [5.74, 6) is -0.0542. The second-order valence-electron chi connectivity index (χ2n) is 3.98. The first kappa shape index (κ1) is 9.18. The predicted octanol–water partition coefficient (Wildman–Crippen LogP) is 1.41. The van der Waals surface area contributed by atoms with E-state index < -0.39 is 5.97 Å². The van der Waals surface area contributed by atoms with Crippen molar-refractivity contribution >= 4 is 5.97 Å². The zero-order valence-corrected chi connectivity index (χ0v) is 8.03. The maximum Gasteiger partial charge on any atom is 0.358 e. The van der Waals surface area contributed by atoms with E-state index in [9.17, 15) is 4.79 Å². The van der Waals surface area contributed by atoms with Crippen LogP contribution in [0.3, 0.4) is 0 Å². The first-order chi connectivity index (χ1) is 6.68. The Labute approximate surface area is 81.5 Å². The zero-order chi connectivity index (χ0) is 10.1. The number of nitrogens with zero attached hydrogens (tertiary/aromatic N) is 2. The number of aromatic amines is 1. The van der Waals surface area contributed by atoms with Crippen LogP contribution in [-0.4, -0.2) is 26.5 Å². The summed E-state index contributed by atoms with van der Waals surface area (Å²) in [6, 6.07) is 0. The molecule has 5 nitrogen and oxygen atoms in total. The molecule has 0 bridgehead atoms. The molecule has 2 unspecified atom stereocenters. The van der Waals surface area contributed by atoms with Crippen molar-refractivity contribution in [3.63, 3.8) is 0 Å². The quantitative estimate of drug-likeness (QED) is 0.747. The molecule has 5 heteroatoms. The SMILES string of the molecule is CC1CCC(c2n[nH]nc2C(=O)O)C1. The van der Waals surface area contributed by atoms with Gasteiger partial charge in [-0.2, -0.15) is 10.3 Å². The van der Waals surface area contributed by atoms with Crippen LogP contribution in [0.4, 0.5) is 0 Å². The smallest absolute Gasteiger partial charge is 0.358 e. The van der Waals surface area contributed by atoms with Gasteiger partial charge in [0.15, 0.2) is 5.69 Å². The summed E-state index contributed by atoms with van der Waals surface area (Å²) in [5.41, 5.74) is 0.714. The molecule has 1 aromatic heterocycles. The minimum Gasteiger partial charge on any atom is -0.476 e. The third-order valence-corrected chi connectivity index (χ3v) is 2.86. The maximum absolute atomic E-state index is 10.8. The number of aromatic nitrogens is 3. The van der Waals surface area contributed by atoms with Gasteiger partial charge in [-0.05, 0) is 18.8 Å². The fourth-order valence-electron chi connectivity index (χ4n) is 2.14. The molecule has 0 aromatic carbocycles. The maximum atomic E-state index is 10.8.